The number of aromatic nitrogens is 2. The second-order valence-electron chi connectivity index (χ2n) is 15.3. The molecule has 0 radical (unpaired) electrons. The average Bonchev–Trinajstić information content (AvgIpc) is 3.32. The number of rotatable bonds is 7. The Hall–Kier alpha value is -8.01. The zero-order chi connectivity index (χ0) is 40.2. The van der Waals surface area contributed by atoms with Gasteiger partial charge in [0.05, 0.1) is 22.6 Å². The van der Waals surface area contributed by atoms with E-state index in [-0.39, 0.29) is 0 Å². The van der Waals surface area contributed by atoms with Crippen molar-refractivity contribution in [2.24, 2.45) is 4.99 Å². The van der Waals surface area contributed by atoms with Crippen molar-refractivity contribution >= 4 is 82.2 Å². The van der Waals surface area contributed by atoms with Gasteiger partial charge in [-0.3, -0.25) is 0 Å². The lowest BCUT2D eigenvalue weighted by atomic mass is 9.94. The molecule has 3 nitrogen and oxygen atoms in total. The fraction of sp³-hybridized carbons (Fsp3) is 0. The number of benzene rings is 10. The van der Waals surface area contributed by atoms with Gasteiger partial charge in [0.15, 0.2) is 5.82 Å². The highest BCUT2D eigenvalue weighted by molar-refractivity contribution is 6.18. The Morgan fingerprint density at radius 3 is 1.75 bits per heavy atom. The Morgan fingerprint density at radius 1 is 0.433 bits per heavy atom. The molecule has 11 aromatic rings. The maximum Gasteiger partial charge on any atom is 0.160 e. The van der Waals surface area contributed by atoms with Crippen molar-refractivity contribution in [3.8, 4) is 22.6 Å². The molecule has 10 aromatic carbocycles. The van der Waals surface area contributed by atoms with E-state index in [1.807, 2.05) is 24.3 Å². The van der Waals surface area contributed by atoms with Crippen LogP contribution in [-0.2, 0) is 0 Å². The van der Waals surface area contributed by atoms with E-state index in [0.717, 1.165) is 71.8 Å². The summed E-state index contributed by atoms with van der Waals surface area (Å²) in [7, 11) is 0. The van der Waals surface area contributed by atoms with Crippen LogP contribution in [0.3, 0.4) is 0 Å². The fourth-order valence-corrected chi connectivity index (χ4v) is 8.68. The highest BCUT2D eigenvalue weighted by atomic mass is 14.9. The van der Waals surface area contributed by atoms with Gasteiger partial charge in [0.1, 0.15) is 0 Å². The van der Waals surface area contributed by atoms with Gasteiger partial charge in [-0.25, -0.2) is 15.0 Å². The quantitative estimate of drug-likeness (QED) is 0.120. The maximum absolute atomic E-state index is 5.29. The molecular weight excluding hydrogens is 727 g/mol. The highest BCUT2D eigenvalue weighted by Gasteiger charge is 2.16. The van der Waals surface area contributed by atoms with Gasteiger partial charge in [-0.1, -0.05) is 183 Å². The third kappa shape index (κ3) is 6.12. The van der Waals surface area contributed by atoms with E-state index in [4.69, 9.17) is 15.0 Å². The lowest BCUT2D eigenvalue weighted by Gasteiger charge is -2.14. The highest BCUT2D eigenvalue weighted by Crippen LogP contribution is 2.35. The van der Waals surface area contributed by atoms with Crippen LogP contribution in [0.15, 0.2) is 212 Å². The monoisotopic (exact) mass is 763 g/mol. The number of fused-ring (bicyclic) bond motifs is 8. The molecule has 0 bridgehead atoms. The summed E-state index contributed by atoms with van der Waals surface area (Å²) in [4.78, 5) is 15.7. The summed E-state index contributed by atoms with van der Waals surface area (Å²) in [5.74, 6) is 0.690. The number of hydrogen-bond acceptors (Lipinski definition) is 3. The first-order valence-electron chi connectivity index (χ1n) is 20.2. The van der Waals surface area contributed by atoms with E-state index < -0.39 is 0 Å². The predicted molar refractivity (Wildman–Crippen MR) is 256 cm³/mol. The van der Waals surface area contributed by atoms with Crippen LogP contribution >= 0.6 is 0 Å². The van der Waals surface area contributed by atoms with E-state index in [0.29, 0.717) is 11.5 Å². The lowest BCUT2D eigenvalue weighted by molar-refractivity contribution is 1.23. The fourth-order valence-electron chi connectivity index (χ4n) is 8.68. The number of para-hydroxylation sites is 1. The summed E-state index contributed by atoms with van der Waals surface area (Å²) < 4.78 is 0. The minimum atomic E-state index is 0.690. The molecule has 0 fully saturated rings. The van der Waals surface area contributed by atoms with Gasteiger partial charge in [0, 0.05) is 33.2 Å². The molecule has 60 heavy (non-hydrogen) atoms. The van der Waals surface area contributed by atoms with Crippen LogP contribution in [0.2, 0.25) is 0 Å². The molecule has 0 N–H and O–H groups in total. The summed E-state index contributed by atoms with van der Waals surface area (Å²) in [6.07, 6.45) is 1.89. The molecule has 0 saturated heterocycles. The third-order valence-electron chi connectivity index (χ3n) is 11.8. The molecule has 11 rings (SSSR count). The zero-order valence-electron chi connectivity index (χ0n) is 32.8. The number of nitrogens with zero attached hydrogens (tertiary/aromatic N) is 3. The molecule has 0 unspecified atom stereocenters. The average molecular weight is 764 g/mol. The molecule has 1 aromatic heterocycles. The van der Waals surface area contributed by atoms with E-state index >= 15 is 0 Å². The molecule has 0 atom stereocenters. The van der Waals surface area contributed by atoms with Crippen LogP contribution < -0.4 is 0 Å². The summed E-state index contributed by atoms with van der Waals surface area (Å²) in [5, 5.41) is 12.9. The molecule has 0 spiro atoms. The first-order valence-corrected chi connectivity index (χ1v) is 20.2. The molecule has 0 aliphatic heterocycles. The van der Waals surface area contributed by atoms with E-state index in [2.05, 4.69) is 189 Å². The van der Waals surface area contributed by atoms with Crippen LogP contribution in [0, 0.1) is 0 Å². The van der Waals surface area contributed by atoms with Gasteiger partial charge in [0.2, 0.25) is 0 Å². The molecule has 0 aliphatic carbocycles. The predicted octanol–water partition coefficient (Wildman–Crippen LogP) is 14.9. The SMILES string of the molecule is C=Cc1ccccc1C(=NC(=C)c1ccc2c(ccc3ccccc32)c1)c1ccc2cc(-c3nc(-c4ccc5c(ccc6ccccc65)c4)c4ccccc4n3)ccc2c1. The standard InChI is InChI=1S/C57H37N3/c1-3-37-12-4-9-17-52(37)55(58-36(2)40-28-30-50-43(32-40)24-20-38-13-5-7-15-48(38)50)45-26-22-42-34-47(27-23-41(42)33-45)57-59-54-19-11-10-18-53(54)56(60-57)46-29-31-51-44(35-46)25-21-39-14-6-8-16-49(39)51/h3-35H,1-2H2. The zero-order valence-corrected chi connectivity index (χ0v) is 32.8. The Bertz CT molecular complexity index is 3590. The number of hydrogen-bond donors (Lipinski definition) is 0. The van der Waals surface area contributed by atoms with Crippen molar-refractivity contribution in [1.29, 1.82) is 0 Å². The van der Waals surface area contributed by atoms with Crippen molar-refractivity contribution in [3.63, 3.8) is 0 Å². The Kier molecular flexibility index (Phi) is 8.46. The van der Waals surface area contributed by atoms with Crippen LogP contribution in [0.4, 0.5) is 0 Å². The van der Waals surface area contributed by atoms with Crippen molar-refractivity contribution in [1.82, 2.24) is 9.97 Å². The maximum atomic E-state index is 5.29. The van der Waals surface area contributed by atoms with Gasteiger partial charge in [-0.05, 0) is 89.8 Å². The summed E-state index contributed by atoms with van der Waals surface area (Å²) in [6.45, 7) is 8.63. The van der Waals surface area contributed by atoms with Crippen LogP contribution in [0.25, 0.3) is 99.2 Å². The first-order chi connectivity index (χ1) is 29.6. The molecule has 3 heteroatoms. The topological polar surface area (TPSA) is 38.1 Å². The number of aliphatic imine (C=N–C) groups is 1. The molecule has 0 amide bonds. The Morgan fingerprint density at radius 2 is 0.967 bits per heavy atom. The van der Waals surface area contributed by atoms with E-state index in [9.17, 15) is 0 Å². The van der Waals surface area contributed by atoms with Gasteiger partial charge in [0.25, 0.3) is 0 Å². The van der Waals surface area contributed by atoms with Gasteiger partial charge < -0.3 is 0 Å². The molecule has 0 saturated carbocycles. The minimum Gasteiger partial charge on any atom is -0.248 e. The van der Waals surface area contributed by atoms with Gasteiger partial charge in [-0.15, -0.1) is 0 Å². The van der Waals surface area contributed by atoms with Gasteiger partial charge >= 0.3 is 0 Å². The Labute approximate surface area is 348 Å². The lowest BCUT2D eigenvalue weighted by Crippen LogP contribution is -2.06. The summed E-state index contributed by atoms with van der Waals surface area (Å²) in [5.41, 5.74) is 9.35. The molecule has 0 aliphatic rings. The van der Waals surface area contributed by atoms with Gasteiger partial charge in [-0.2, -0.15) is 0 Å². The second-order valence-corrected chi connectivity index (χ2v) is 15.3. The van der Waals surface area contributed by atoms with Crippen LogP contribution in [-0.4, -0.2) is 15.7 Å². The van der Waals surface area contributed by atoms with E-state index in [1.165, 1.54) is 37.7 Å². The van der Waals surface area contributed by atoms with Crippen molar-refractivity contribution in [2.45, 2.75) is 0 Å². The molecule has 280 valence electrons. The van der Waals surface area contributed by atoms with Crippen LogP contribution in [0.1, 0.15) is 22.3 Å². The minimum absolute atomic E-state index is 0.690. The second kappa shape index (κ2) is 14.4. The normalized spacial score (nSPS) is 11.9. The van der Waals surface area contributed by atoms with Crippen LogP contribution in [0.5, 0.6) is 0 Å². The Balaban J connectivity index is 0.988. The summed E-state index contributed by atoms with van der Waals surface area (Å²) >= 11 is 0. The molecule has 1 heterocycles. The van der Waals surface area contributed by atoms with E-state index in [1.54, 1.807) is 0 Å². The summed E-state index contributed by atoms with van der Waals surface area (Å²) in [6, 6.07) is 68.5. The van der Waals surface area contributed by atoms with Crippen molar-refractivity contribution in [3.05, 3.63) is 230 Å². The third-order valence-corrected chi connectivity index (χ3v) is 11.8. The van der Waals surface area contributed by atoms with Crippen molar-refractivity contribution in [2.75, 3.05) is 0 Å². The largest absolute Gasteiger partial charge is 0.248 e. The smallest absolute Gasteiger partial charge is 0.160 e. The first kappa shape index (κ1) is 35.2. The van der Waals surface area contributed by atoms with Crippen molar-refractivity contribution < 1.29 is 0 Å². The molecular formula is C57H37N3.